The summed E-state index contributed by atoms with van der Waals surface area (Å²) >= 11 is 1.27. The van der Waals surface area contributed by atoms with Crippen molar-refractivity contribution in [1.29, 1.82) is 0 Å². The third kappa shape index (κ3) is 4.60. The van der Waals surface area contributed by atoms with Gasteiger partial charge in [0, 0.05) is 11.4 Å². The minimum atomic E-state index is -3.52. The molecule has 0 saturated heterocycles. The van der Waals surface area contributed by atoms with Gasteiger partial charge >= 0.3 is 0 Å². The van der Waals surface area contributed by atoms with Gasteiger partial charge < -0.3 is 5.32 Å². The molecule has 2 rings (SSSR count). The Bertz CT molecular complexity index is 681. The van der Waals surface area contributed by atoms with Crippen LogP contribution < -0.4 is 10.0 Å². The van der Waals surface area contributed by atoms with Gasteiger partial charge in [-0.1, -0.05) is 12.1 Å². The molecule has 0 amide bonds. The monoisotopic (exact) mass is 328 g/mol. The maximum absolute atomic E-state index is 12.8. The van der Waals surface area contributed by atoms with Crippen LogP contribution in [0.1, 0.15) is 10.4 Å². The number of nitrogens with one attached hydrogen (secondary N) is 2. The summed E-state index contributed by atoms with van der Waals surface area (Å²) in [5, 5.41) is 3.03. The van der Waals surface area contributed by atoms with Crippen LogP contribution in [0.4, 0.5) is 4.39 Å². The molecule has 0 aliphatic carbocycles. The second-order valence-electron chi connectivity index (χ2n) is 4.53. The van der Waals surface area contributed by atoms with E-state index in [-0.39, 0.29) is 12.4 Å². The Kier molecular flexibility index (Phi) is 5.46. The zero-order valence-corrected chi connectivity index (χ0v) is 13.2. The molecule has 0 atom stereocenters. The summed E-state index contributed by atoms with van der Waals surface area (Å²) in [4.78, 5) is 1.02. The van der Waals surface area contributed by atoms with Gasteiger partial charge in [0.2, 0.25) is 10.0 Å². The molecule has 0 unspecified atom stereocenters. The summed E-state index contributed by atoms with van der Waals surface area (Å²) in [6, 6.07) is 9.18. The van der Waals surface area contributed by atoms with Crippen LogP contribution >= 0.6 is 11.3 Å². The summed E-state index contributed by atoms with van der Waals surface area (Å²) < 4.78 is 40.0. The number of halogens is 1. The van der Waals surface area contributed by atoms with Crippen LogP contribution in [0.15, 0.2) is 40.6 Å². The van der Waals surface area contributed by atoms with Crippen LogP contribution in [-0.2, 0) is 23.0 Å². The molecule has 0 aliphatic rings. The van der Waals surface area contributed by atoms with Crippen LogP contribution in [-0.4, -0.2) is 22.0 Å². The minimum Gasteiger partial charge on any atom is -0.319 e. The molecule has 1 aromatic carbocycles. The Balaban J connectivity index is 2.00. The molecule has 1 aromatic heterocycles. The Morgan fingerprint density at radius 1 is 1.14 bits per heavy atom. The van der Waals surface area contributed by atoms with Crippen molar-refractivity contribution in [2.24, 2.45) is 0 Å². The highest BCUT2D eigenvalue weighted by molar-refractivity contribution is 7.91. The summed E-state index contributed by atoms with van der Waals surface area (Å²) in [5.41, 5.74) is 0.715. The lowest BCUT2D eigenvalue weighted by Gasteiger charge is -2.05. The van der Waals surface area contributed by atoms with Crippen LogP contribution in [0.25, 0.3) is 0 Å². The number of hydrogen-bond donors (Lipinski definition) is 2. The van der Waals surface area contributed by atoms with Crippen LogP contribution in [0.5, 0.6) is 0 Å². The first-order valence-corrected chi connectivity index (χ1v) is 8.78. The van der Waals surface area contributed by atoms with E-state index in [9.17, 15) is 12.8 Å². The summed E-state index contributed by atoms with van der Waals surface area (Å²) in [5.74, 6) is -0.339. The van der Waals surface area contributed by atoms with E-state index in [4.69, 9.17) is 0 Å². The van der Waals surface area contributed by atoms with Gasteiger partial charge in [0.15, 0.2) is 0 Å². The molecule has 0 fully saturated rings. The van der Waals surface area contributed by atoms with Gasteiger partial charge in [-0.2, -0.15) is 0 Å². The molecule has 0 aliphatic heterocycles. The van der Waals surface area contributed by atoms with Crippen molar-refractivity contribution in [2.75, 3.05) is 13.6 Å². The Labute approximate surface area is 128 Å². The fourth-order valence-electron chi connectivity index (χ4n) is 1.74. The molecule has 7 heteroatoms. The number of benzene rings is 1. The largest absolute Gasteiger partial charge is 0.319 e. The number of rotatable bonds is 7. The van der Waals surface area contributed by atoms with Gasteiger partial charge in [0.05, 0.1) is 0 Å². The smallest absolute Gasteiger partial charge is 0.250 e. The maximum atomic E-state index is 12.8. The number of sulfonamides is 1. The minimum absolute atomic E-state index is 0.145. The second kappa shape index (κ2) is 7.13. The van der Waals surface area contributed by atoms with E-state index in [1.165, 1.54) is 23.5 Å². The van der Waals surface area contributed by atoms with E-state index in [1.54, 1.807) is 18.2 Å². The molecule has 4 nitrogen and oxygen atoms in total. The lowest BCUT2D eigenvalue weighted by atomic mass is 10.2. The zero-order valence-electron chi connectivity index (χ0n) is 11.6. The van der Waals surface area contributed by atoms with Crippen molar-refractivity contribution in [3.8, 4) is 0 Å². The van der Waals surface area contributed by atoms with Gasteiger partial charge in [0.25, 0.3) is 0 Å². The predicted molar refractivity (Wildman–Crippen MR) is 82.4 cm³/mol. The van der Waals surface area contributed by atoms with Gasteiger partial charge in [-0.05, 0) is 49.8 Å². The van der Waals surface area contributed by atoms with Crippen LogP contribution in [0.2, 0.25) is 0 Å². The van der Waals surface area contributed by atoms with Crippen LogP contribution in [0, 0.1) is 5.82 Å². The van der Waals surface area contributed by atoms with Crippen molar-refractivity contribution in [2.45, 2.75) is 17.2 Å². The second-order valence-corrected chi connectivity index (χ2v) is 7.69. The molecule has 2 N–H and O–H groups in total. The van der Waals surface area contributed by atoms with Crippen molar-refractivity contribution < 1.29 is 12.8 Å². The van der Waals surface area contributed by atoms with E-state index >= 15 is 0 Å². The highest BCUT2D eigenvalue weighted by Gasteiger charge is 2.16. The molecule has 0 spiro atoms. The normalized spacial score (nSPS) is 11.7. The van der Waals surface area contributed by atoms with Gasteiger partial charge in [-0.25, -0.2) is 17.5 Å². The first kappa shape index (κ1) is 16.1. The van der Waals surface area contributed by atoms with E-state index in [0.29, 0.717) is 9.77 Å². The van der Waals surface area contributed by atoms with Crippen molar-refractivity contribution in [3.63, 3.8) is 0 Å². The zero-order chi connectivity index (χ0) is 15.3. The van der Waals surface area contributed by atoms with Gasteiger partial charge in [-0.15, -0.1) is 11.3 Å². The maximum Gasteiger partial charge on any atom is 0.250 e. The van der Waals surface area contributed by atoms with E-state index in [1.807, 2.05) is 13.1 Å². The molecule has 0 saturated carbocycles. The molecular formula is C14H17FN2O2S2. The van der Waals surface area contributed by atoms with Crippen molar-refractivity contribution >= 4 is 21.4 Å². The lowest BCUT2D eigenvalue weighted by Crippen LogP contribution is -2.22. The Morgan fingerprint density at radius 2 is 1.86 bits per heavy atom. The molecule has 1 heterocycles. The summed E-state index contributed by atoms with van der Waals surface area (Å²) in [6.45, 7) is 0.954. The quantitative estimate of drug-likeness (QED) is 0.818. The molecule has 21 heavy (non-hydrogen) atoms. The topological polar surface area (TPSA) is 58.2 Å². The lowest BCUT2D eigenvalue weighted by molar-refractivity contribution is 0.583. The first-order valence-electron chi connectivity index (χ1n) is 6.49. The molecule has 2 aromatic rings. The molecule has 114 valence electrons. The first-order chi connectivity index (χ1) is 10.0. The SMILES string of the molecule is CNCCc1ccc(S(=O)(=O)NCc2ccc(F)cc2)s1. The van der Waals surface area contributed by atoms with E-state index in [0.717, 1.165) is 17.8 Å². The summed E-state index contributed by atoms with van der Waals surface area (Å²) in [7, 11) is -1.66. The fourth-order valence-corrected chi connectivity index (χ4v) is 4.15. The average molecular weight is 328 g/mol. The van der Waals surface area contributed by atoms with E-state index in [2.05, 4.69) is 10.0 Å². The third-order valence-corrected chi connectivity index (χ3v) is 5.94. The third-order valence-electron chi connectivity index (χ3n) is 2.90. The predicted octanol–water partition coefficient (Wildman–Crippen LogP) is 2.13. The van der Waals surface area contributed by atoms with E-state index < -0.39 is 10.0 Å². The Morgan fingerprint density at radius 3 is 2.52 bits per heavy atom. The molecule has 0 radical (unpaired) electrons. The van der Waals surface area contributed by atoms with Gasteiger partial charge in [-0.3, -0.25) is 0 Å². The molecular weight excluding hydrogens is 311 g/mol. The molecule has 0 bridgehead atoms. The number of likely N-dealkylation sites (N-methyl/N-ethyl adjacent to an activating group) is 1. The fraction of sp³-hybridized carbons (Fsp3) is 0.286. The van der Waals surface area contributed by atoms with Gasteiger partial charge in [0.1, 0.15) is 10.0 Å². The summed E-state index contributed by atoms with van der Waals surface area (Å²) in [6.07, 6.45) is 0.800. The van der Waals surface area contributed by atoms with Crippen molar-refractivity contribution in [3.05, 3.63) is 52.7 Å². The highest BCUT2D eigenvalue weighted by Crippen LogP contribution is 2.22. The van der Waals surface area contributed by atoms with Crippen LogP contribution in [0.3, 0.4) is 0 Å². The standard InChI is InChI=1S/C14H17FN2O2S2/c1-16-9-8-13-6-7-14(20-13)21(18,19)17-10-11-2-4-12(15)5-3-11/h2-7,16-17H,8-10H2,1H3. The average Bonchev–Trinajstić information content (AvgIpc) is 2.94. The number of thiophene rings is 1. The number of hydrogen-bond acceptors (Lipinski definition) is 4. The Hall–Kier alpha value is -1.28. The van der Waals surface area contributed by atoms with Crippen molar-refractivity contribution in [1.82, 2.24) is 10.0 Å². The highest BCUT2D eigenvalue weighted by atomic mass is 32.2.